The van der Waals surface area contributed by atoms with Gasteiger partial charge in [0.2, 0.25) is 0 Å². The lowest BCUT2D eigenvalue weighted by Crippen LogP contribution is -2.34. The lowest BCUT2D eigenvalue weighted by atomic mass is 10.2. The van der Waals surface area contributed by atoms with Crippen molar-refractivity contribution in [3.05, 3.63) is 28.8 Å². The Bertz CT molecular complexity index is 420. The molecule has 1 aromatic heterocycles. The number of pyridine rings is 1. The predicted molar refractivity (Wildman–Crippen MR) is 58.9 cm³/mol. The molecule has 1 amide bonds. The van der Waals surface area contributed by atoms with Crippen LogP contribution in [0.3, 0.4) is 0 Å². The summed E-state index contributed by atoms with van der Waals surface area (Å²) in [5.41, 5.74) is 0.0918. The van der Waals surface area contributed by atoms with E-state index >= 15 is 0 Å². The Kier molecular flexibility index (Phi) is 3.10. The fourth-order valence-electron chi connectivity index (χ4n) is 1.58. The second kappa shape index (κ2) is 4.37. The third kappa shape index (κ3) is 2.50. The number of halogens is 2. The summed E-state index contributed by atoms with van der Waals surface area (Å²) >= 11 is 5.73. The third-order valence-electron chi connectivity index (χ3n) is 2.74. The van der Waals surface area contributed by atoms with Crippen LogP contribution >= 0.6 is 11.6 Å². The lowest BCUT2D eigenvalue weighted by molar-refractivity contribution is 0.0935. The van der Waals surface area contributed by atoms with E-state index in [9.17, 15) is 9.18 Å². The Balaban J connectivity index is 2.10. The molecule has 3 nitrogen and oxygen atoms in total. The molecule has 1 heterocycles. The minimum Gasteiger partial charge on any atom is -0.349 e. The van der Waals surface area contributed by atoms with Gasteiger partial charge in [0.25, 0.3) is 5.91 Å². The average Bonchev–Trinajstić information content (AvgIpc) is 3.04. The Labute approximate surface area is 98.0 Å². The summed E-state index contributed by atoms with van der Waals surface area (Å²) < 4.78 is 12.9. The van der Waals surface area contributed by atoms with Crippen molar-refractivity contribution in [2.45, 2.75) is 25.8 Å². The first kappa shape index (κ1) is 11.3. The van der Waals surface area contributed by atoms with Crippen molar-refractivity contribution in [3.63, 3.8) is 0 Å². The van der Waals surface area contributed by atoms with Crippen molar-refractivity contribution in [3.8, 4) is 0 Å². The van der Waals surface area contributed by atoms with Crippen LogP contribution in [0.25, 0.3) is 0 Å². The molecule has 5 heteroatoms. The summed E-state index contributed by atoms with van der Waals surface area (Å²) in [5.74, 6) is -0.380. The molecule has 0 radical (unpaired) electrons. The average molecular weight is 243 g/mol. The van der Waals surface area contributed by atoms with Crippen LogP contribution in [-0.4, -0.2) is 16.9 Å². The summed E-state index contributed by atoms with van der Waals surface area (Å²) in [7, 11) is 0. The minimum absolute atomic E-state index is 0.0295. The van der Waals surface area contributed by atoms with Gasteiger partial charge >= 0.3 is 0 Å². The molecule has 1 atom stereocenters. The van der Waals surface area contributed by atoms with E-state index in [1.165, 1.54) is 0 Å². The normalized spacial score (nSPS) is 16.9. The smallest absolute Gasteiger partial charge is 0.254 e. The van der Waals surface area contributed by atoms with Crippen LogP contribution in [0.4, 0.5) is 4.39 Å². The molecule has 1 aliphatic carbocycles. The zero-order chi connectivity index (χ0) is 11.7. The van der Waals surface area contributed by atoms with Gasteiger partial charge in [0.1, 0.15) is 11.0 Å². The highest BCUT2D eigenvalue weighted by molar-refractivity contribution is 6.32. The highest BCUT2D eigenvalue weighted by Gasteiger charge is 2.29. The summed E-state index contributed by atoms with van der Waals surface area (Å²) in [6, 6.07) is 1.21. The molecule has 0 aliphatic heterocycles. The topological polar surface area (TPSA) is 42.0 Å². The molecule has 1 aromatic rings. The molecule has 1 aliphatic rings. The zero-order valence-electron chi connectivity index (χ0n) is 8.84. The molecule has 86 valence electrons. The van der Waals surface area contributed by atoms with Crippen molar-refractivity contribution in [2.24, 2.45) is 5.92 Å². The molecule has 1 saturated carbocycles. The van der Waals surface area contributed by atoms with Gasteiger partial charge in [-0.3, -0.25) is 4.79 Å². The number of aromatic nitrogens is 1. The second-order valence-corrected chi connectivity index (χ2v) is 4.45. The van der Waals surface area contributed by atoms with Crippen LogP contribution < -0.4 is 5.32 Å². The van der Waals surface area contributed by atoms with Gasteiger partial charge in [-0.2, -0.15) is 0 Å². The molecule has 0 bridgehead atoms. The first-order chi connectivity index (χ1) is 7.58. The highest BCUT2D eigenvalue weighted by atomic mass is 35.5. The Morgan fingerprint density at radius 1 is 1.69 bits per heavy atom. The number of hydrogen-bond donors (Lipinski definition) is 1. The molecular formula is C11H12ClFN2O. The molecule has 0 saturated heterocycles. The maximum atomic E-state index is 12.9. The number of nitrogens with one attached hydrogen (secondary N) is 1. The van der Waals surface area contributed by atoms with Gasteiger partial charge in [0.15, 0.2) is 0 Å². The van der Waals surface area contributed by atoms with Crippen molar-refractivity contribution < 1.29 is 9.18 Å². The minimum atomic E-state index is -0.561. The summed E-state index contributed by atoms with van der Waals surface area (Å²) in [4.78, 5) is 15.4. The van der Waals surface area contributed by atoms with Crippen molar-refractivity contribution in [2.75, 3.05) is 0 Å². The first-order valence-electron chi connectivity index (χ1n) is 5.20. The molecule has 1 N–H and O–H groups in total. The number of nitrogens with zero attached hydrogens (tertiary/aromatic N) is 1. The van der Waals surface area contributed by atoms with E-state index in [1.807, 2.05) is 6.92 Å². The molecule has 1 fully saturated rings. The second-order valence-electron chi connectivity index (χ2n) is 4.09. The Morgan fingerprint density at radius 3 is 3.00 bits per heavy atom. The van der Waals surface area contributed by atoms with E-state index in [0.29, 0.717) is 5.92 Å². The SMILES string of the molecule is CC(NC(=O)c1cc(F)cnc1Cl)C1CC1. The fourth-order valence-corrected chi connectivity index (χ4v) is 1.77. The van der Waals surface area contributed by atoms with Gasteiger partial charge in [0, 0.05) is 6.04 Å². The van der Waals surface area contributed by atoms with Gasteiger partial charge in [-0.25, -0.2) is 9.37 Å². The van der Waals surface area contributed by atoms with Crippen molar-refractivity contribution in [1.82, 2.24) is 10.3 Å². The van der Waals surface area contributed by atoms with E-state index in [2.05, 4.69) is 10.3 Å². The van der Waals surface area contributed by atoms with Gasteiger partial charge in [-0.05, 0) is 31.7 Å². The van der Waals surface area contributed by atoms with Crippen LogP contribution in [-0.2, 0) is 0 Å². The van der Waals surface area contributed by atoms with E-state index < -0.39 is 5.82 Å². The fraction of sp³-hybridized carbons (Fsp3) is 0.455. The third-order valence-corrected chi connectivity index (χ3v) is 3.04. The zero-order valence-corrected chi connectivity index (χ0v) is 9.59. The quantitative estimate of drug-likeness (QED) is 0.827. The predicted octanol–water partition coefficient (Wildman–Crippen LogP) is 2.40. The summed E-state index contributed by atoms with van der Waals surface area (Å²) in [6.45, 7) is 1.94. The number of carbonyl (C=O) groups is 1. The largest absolute Gasteiger partial charge is 0.349 e. The maximum Gasteiger partial charge on any atom is 0.254 e. The Hall–Kier alpha value is -1.16. The number of amides is 1. The van der Waals surface area contributed by atoms with E-state index in [0.717, 1.165) is 25.1 Å². The molecule has 2 rings (SSSR count). The number of rotatable bonds is 3. The van der Waals surface area contributed by atoms with Crippen molar-refractivity contribution in [1.29, 1.82) is 0 Å². The standard InChI is InChI=1S/C11H12ClFN2O/c1-6(7-2-3-7)15-11(16)9-4-8(13)5-14-10(9)12/h4-7H,2-3H2,1H3,(H,15,16). The van der Waals surface area contributed by atoms with Gasteiger partial charge < -0.3 is 5.32 Å². The van der Waals surface area contributed by atoms with Crippen LogP contribution in [0.2, 0.25) is 5.15 Å². The van der Waals surface area contributed by atoms with Crippen LogP contribution in [0.5, 0.6) is 0 Å². The van der Waals surface area contributed by atoms with E-state index in [1.54, 1.807) is 0 Å². The maximum absolute atomic E-state index is 12.9. The first-order valence-corrected chi connectivity index (χ1v) is 5.57. The van der Waals surface area contributed by atoms with Crippen molar-refractivity contribution >= 4 is 17.5 Å². The summed E-state index contributed by atoms with van der Waals surface area (Å²) in [6.07, 6.45) is 3.26. The molecule has 16 heavy (non-hydrogen) atoms. The van der Waals surface area contributed by atoms with Crippen LogP contribution in [0.1, 0.15) is 30.1 Å². The van der Waals surface area contributed by atoms with Gasteiger partial charge in [0.05, 0.1) is 11.8 Å². The number of hydrogen-bond acceptors (Lipinski definition) is 2. The monoisotopic (exact) mass is 242 g/mol. The molecule has 1 unspecified atom stereocenters. The molecule has 0 spiro atoms. The lowest BCUT2D eigenvalue weighted by Gasteiger charge is -2.13. The Morgan fingerprint density at radius 2 is 2.38 bits per heavy atom. The van der Waals surface area contributed by atoms with Crippen LogP contribution in [0, 0.1) is 11.7 Å². The highest BCUT2D eigenvalue weighted by Crippen LogP contribution is 2.32. The van der Waals surface area contributed by atoms with Crippen LogP contribution in [0.15, 0.2) is 12.3 Å². The number of carbonyl (C=O) groups excluding carboxylic acids is 1. The van der Waals surface area contributed by atoms with Gasteiger partial charge in [-0.1, -0.05) is 11.6 Å². The summed E-state index contributed by atoms with van der Waals surface area (Å²) in [5, 5.41) is 2.83. The van der Waals surface area contributed by atoms with E-state index in [4.69, 9.17) is 11.6 Å². The molecular weight excluding hydrogens is 231 g/mol. The molecule has 0 aromatic carbocycles. The van der Waals surface area contributed by atoms with E-state index in [-0.39, 0.29) is 22.7 Å². The van der Waals surface area contributed by atoms with Gasteiger partial charge in [-0.15, -0.1) is 0 Å².